The molecule has 1 N–H and O–H groups in total. The minimum Gasteiger partial charge on any atom is -0.375 e. The van der Waals surface area contributed by atoms with Gasteiger partial charge < -0.3 is 15.0 Å². The molecule has 1 heterocycles. The number of fused-ring (bicyclic) bond motifs is 1. The lowest BCUT2D eigenvalue weighted by Gasteiger charge is -2.26. The van der Waals surface area contributed by atoms with E-state index in [2.05, 4.69) is 5.32 Å². The quantitative estimate of drug-likeness (QED) is 0.746. The number of carbonyl (C=O) groups is 1. The number of methoxy groups -OCH3 is 1. The van der Waals surface area contributed by atoms with Crippen LogP contribution in [0.1, 0.15) is 37.7 Å². The third-order valence-corrected chi connectivity index (χ3v) is 5.55. The molecule has 1 aliphatic heterocycles. The molecule has 1 amide bonds. The van der Waals surface area contributed by atoms with Crippen LogP contribution in [-0.2, 0) is 16.1 Å². The van der Waals surface area contributed by atoms with E-state index in [9.17, 15) is 9.18 Å². The minimum atomic E-state index is -0.438. The number of carbonyl (C=O) groups excluding carboxylic acids is 1. The molecule has 0 spiro atoms. The first kappa shape index (κ1) is 21.8. The summed E-state index contributed by atoms with van der Waals surface area (Å²) in [5, 5.41) is 3.59. The third kappa shape index (κ3) is 5.78. The van der Waals surface area contributed by atoms with Crippen molar-refractivity contribution in [2.45, 2.75) is 38.6 Å². The van der Waals surface area contributed by atoms with Gasteiger partial charge in [0.2, 0.25) is 0 Å². The molecule has 156 valence electrons. The molecule has 0 aromatic heterocycles. The fourth-order valence-corrected chi connectivity index (χ4v) is 3.82. The van der Waals surface area contributed by atoms with Crippen LogP contribution in [-0.4, -0.2) is 32.7 Å². The molecule has 29 heavy (non-hydrogen) atoms. The van der Waals surface area contributed by atoms with Crippen molar-refractivity contribution in [3.63, 3.8) is 0 Å². The molecule has 0 saturated heterocycles. The lowest BCUT2D eigenvalue weighted by atomic mass is 10.00. The first-order valence-corrected chi connectivity index (χ1v) is 10.6. The monoisotopic (exact) mass is 418 g/mol. The molecule has 0 radical (unpaired) electrons. The summed E-state index contributed by atoms with van der Waals surface area (Å²) in [6, 6.07) is 10.7. The van der Waals surface area contributed by atoms with E-state index in [4.69, 9.17) is 16.3 Å². The molecule has 3 rings (SSSR count). The number of hydrogen-bond acceptors (Lipinski definition) is 3. The van der Waals surface area contributed by atoms with Crippen molar-refractivity contribution in [1.29, 1.82) is 0 Å². The second kappa shape index (κ2) is 10.7. The van der Waals surface area contributed by atoms with Gasteiger partial charge in [0.1, 0.15) is 12.4 Å². The van der Waals surface area contributed by atoms with Gasteiger partial charge in [-0.15, -0.1) is 0 Å². The number of ether oxygens (including phenoxy) is 1. The topological polar surface area (TPSA) is 41.6 Å². The Balaban J connectivity index is 1.98. The maximum Gasteiger partial charge on any atom is 0.252 e. The van der Waals surface area contributed by atoms with Gasteiger partial charge in [-0.3, -0.25) is 4.79 Å². The normalized spacial score (nSPS) is 15.9. The highest BCUT2D eigenvalue weighted by atomic mass is 35.5. The molecule has 1 aliphatic rings. The zero-order valence-corrected chi connectivity index (χ0v) is 17.6. The highest BCUT2D eigenvalue weighted by molar-refractivity contribution is 6.30. The summed E-state index contributed by atoms with van der Waals surface area (Å²) in [4.78, 5) is 14.6. The zero-order chi connectivity index (χ0) is 20.6. The molecule has 0 saturated carbocycles. The molecule has 2 aromatic rings. The van der Waals surface area contributed by atoms with Gasteiger partial charge >= 0.3 is 0 Å². The molecule has 6 heteroatoms. The van der Waals surface area contributed by atoms with Gasteiger partial charge in [0.05, 0.1) is 5.02 Å². The average molecular weight is 419 g/mol. The van der Waals surface area contributed by atoms with Gasteiger partial charge in [-0.2, -0.15) is 0 Å². The number of benzene rings is 2. The molecule has 0 aliphatic carbocycles. The van der Waals surface area contributed by atoms with Crippen LogP contribution in [0.2, 0.25) is 5.02 Å². The highest BCUT2D eigenvalue weighted by Crippen LogP contribution is 2.30. The summed E-state index contributed by atoms with van der Waals surface area (Å²) < 4.78 is 19.0. The van der Waals surface area contributed by atoms with Gasteiger partial charge in [-0.1, -0.05) is 43.0 Å². The van der Waals surface area contributed by atoms with Gasteiger partial charge in [0, 0.05) is 25.9 Å². The third-order valence-electron chi connectivity index (χ3n) is 5.24. The lowest BCUT2D eigenvalue weighted by Crippen LogP contribution is -2.36. The van der Waals surface area contributed by atoms with Crippen molar-refractivity contribution in [2.75, 3.05) is 31.7 Å². The van der Waals surface area contributed by atoms with Crippen molar-refractivity contribution < 1.29 is 13.9 Å². The van der Waals surface area contributed by atoms with Crippen LogP contribution in [0.25, 0.3) is 11.1 Å². The van der Waals surface area contributed by atoms with E-state index in [1.54, 1.807) is 6.07 Å². The zero-order valence-electron chi connectivity index (χ0n) is 16.8. The van der Waals surface area contributed by atoms with Crippen molar-refractivity contribution in [1.82, 2.24) is 5.32 Å². The fraction of sp³-hybridized carbons (Fsp3) is 0.435. The molecule has 2 aromatic carbocycles. The second-order valence-corrected chi connectivity index (χ2v) is 7.80. The number of nitrogens with zero attached hydrogens (tertiary/aromatic N) is 1. The molecule has 0 atom stereocenters. The number of halogens is 2. The Bertz CT molecular complexity index is 844. The van der Waals surface area contributed by atoms with Crippen LogP contribution in [0, 0.1) is 5.82 Å². The van der Waals surface area contributed by atoms with Crippen LogP contribution >= 0.6 is 11.6 Å². The summed E-state index contributed by atoms with van der Waals surface area (Å²) in [5.41, 5.74) is 3.56. The molecule has 0 fully saturated rings. The molecular formula is C23H28ClFN2O2. The molecule has 4 nitrogen and oxygen atoms in total. The highest BCUT2D eigenvalue weighted by Gasteiger charge is 2.19. The molecule has 0 bridgehead atoms. The number of nitrogens with one attached hydrogen (secondary N) is 1. The van der Waals surface area contributed by atoms with Crippen molar-refractivity contribution in [3.05, 3.63) is 52.8 Å². The second-order valence-electron chi connectivity index (χ2n) is 7.40. The predicted octanol–water partition coefficient (Wildman–Crippen LogP) is 5.18. The van der Waals surface area contributed by atoms with E-state index in [1.807, 2.05) is 29.2 Å². The van der Waals surface area contributed by atoms with Gasteiger partial charge in [-0.25, -0.2) is 4.39 Å². The first-order chi connectivity index (χ1) is 14.1. The largest absolute Gasteiger partial charge is 0.375 e. The fourth-order valence-electron chi connectivity index (χ4n) is 3.70. The summed E-state index contributed by atoms with van der Waals surface area (Å²) in [6.07, 6.45) is 5.59. The average Bonchev–Trinajstić information content (AvgIpc) is 2.70. The first-order valence-electron chi connectivity index (χ1n) is 10.2. The SMILES string of the molecule is COCC(=O)N1CCCCCCCNCc2cc(-c3ccc(Cl)c(F)c3)ccc21. The number of rotatable bonds is 3. The number of amides is 1. The van der Waals surface area contributed by atoms with Crippen molar-refractivity contribution >= 4 is 23.2 Å². The van der Waals surface area contributed by atoms with Crippen molar-refractivity contribution in [2.24, 2.45) is 0 Å². The Kier molecular flexibility index (Phi) is 8.04. The Hall–Kier alpha value is -1.95. The van der Waals surface area contributed by atoms with Gasteiger partial charge in [0.25, 0.3) is 5.91 Å². The van der Waals surface area contributed by atoms with E-state index < -0.39 is 5.82 Å². The lowest BCUT2D eigenvalue weighted by molar-refractivity contribution is -0.122. The maximum atomic E-state index is 13.9. The minimum absolute atomic E-state index is 0.0453. The summed E-state index contributed by atoms with van der Waals surface area (Å²) in [5.74, 6) is -0.483. The maximum absolute atomic E-state index is 13.9. The predicted molar refractivity (Wildman–Crippen MR) is 116 cm³/mol. The van der Waals surface area contributed by atoms with Crippen LogP contribution in [0.4, 0.5) is 10.1 Å². The smallest absolute Gasteiger partial charge is 0.252 e. The van der Waals surface area contributed by atoms with Crippen molar-refractivity contribution in [3.8, 4) is 11.1 Å². The Labute approximate surface area is 177 Å². The molecule has 0 unspecified atom stereocenters. The summed E-state index contributed by atoms with van der Waals surface area (Å²) >= 11 is 5.83. The summed E-state index contributed by atoms with van der Waals surface area (Å²) in [6.45, 7) is 2.31. The summed E-state index contributed by atoms with van der Waals surface area (Å²) in [7, 11) is 1.54. The van der Waals surface area contributed by atoms with E-state index in [1.165, 1.54) is 26.0 Å². The van der Waals surface area contributed by atoms with Crippen LogP contribution < -0.4 is 10.2 Å². The van der Waals surface area contributed by atoms with E-state index in [-0.39, 0.29) is 17.5 Å². The number of anilines is 1. The van der Waals surface area contributed by atoms with E-state index in [0.717, 1.165) is 48.2 Å². The van der Waals surface area contributed by atoms with Crippen LogP contribution in [0.3, 0.4) is 0 Å². The number of hydrogen-bond donors (Lipinski definition) is 1. The van der Waals surface area contributed by atoms with E-state index in [0.29, 0.717) is 13.1 Å². The van der Waals surface area contributed by atoms with Gasteiger partial charge in [0.15, 0.2) is 0 Å². The Morgan fingerprint density at radius 1 is 1.10 bits per heavy atom. The van der Waals surface area contributed by atoms with Crippen LogP contribution in [0.15, 0.2) is 36.4 Å². The standard InChI is InChI=1S/C23H28ClFN2O2/c1-29-16-23(28)27-12-6-4-2-3-5-11-26-15-19-13-17(8-10-22(19)27)18-7-9-20(24)21(25)14-18/h7-10,13-14,26H,2-6,11-12,15-16H2,1H3. The van der Waals surface area contributed by atoms with Crippen LogP contribution in [0.5, 0.6) is 0 Å². The Morgan fingerprint density at radius 3 is 2.62 bits per heavy atom. The molecular weight excluding hydrogens is 391 g/mol. The Morgan fingerprint density at radius 2 is 1.83 bits per heavy atom. The van der Waals surface area contributed by atoms with E-state index >= 15 is 0 Å². The van der Waals surface area contributed by atoms with Gasteiger partial charge in [-0.05, 0) is 60.3 Å².